The summed E-state index contributed by atoms with van der Waals surface area (Å²) in [5, 5.41) is 0.255. The molecule has 0 saturated carbocycles. The van der Waals surface area contributed by atoms with Crippen LogP contribution in [0.2, 0.25) is 5.02 Å². The topological polar surface area (TPSA) is 79.4 Å². The third-order valence-corrected chi connectivity index (χ3v) is 8.75. The first-order valence-corrected chi connectivity index (χ1v) is 13.8. The molecule has 0 bridgehead atoms. The second-order valence-corrected chi connectivity index (χ2v) is 11.1. The van der Waals surface area contributed by atoms with Crippen molar-refractivity contribution >= 4 is 33.2 Å². The van der Waals surface area contributed by atoms with Gasteiger partial charge in [-0.15, -0.1) is 0 Å². The van der Waals surface area contributed by atoms with E-state index in [1.54, 1.807) is 13.2 Å². The van der Waals surface area contributed by atoms with Crippen LogP contribution in [0.4, 0.5) is 5.69 Å². The van der Waals surface area contributed by atoms with Gasteiger partial charge in [0.15, 0.2) is 0 Å². The number of carbonyl (C=O) groups is 1. The van der Waals surface area contributed by atoms with E-state index in [9.17, 15) is 13.2 Å². The largest absolute Gasteiger partial charge is 0.495 e. The lowest BCUT2D eigenvalue weighted by molar-refractivity contribution is -0.137. The normalized spacial score (nSPS) is 19.5. The molecule has 10 heteroatoms. The molecular weight excluding hydrogens is 490 g/mol. The van der Waals surface area contributed by atoms with Crippen LogP contribution < -0.4 is 14.4 Å². The van der Waals surface area contributed by atoms with Gasteiger partial charge in [-0.2, -0.15) is 4.31 Å². The van der Waals surface area contributed by atoms with Crippen molar-refractivity contribution in [2.75, 3.05) is 57.9 Å². The molecular formula is C25H32ClN3O5S. The van der Waals surface area contributed by atoms with Crippen molar-refractivity contribution in [2.45, 2.75) is 24.7 Å². The number of ether oxygens (including phenoxy) is 2. The van der Waals surface area contributed by atoms with Crippen molar-refractivity contribution in [3.8, 4) is 11.5 Å². The maximum Gasteiger partial charge on any atom is 0.243 e. The van der Waals surface area contributed by atoms with Gasteiger partial charge in [0.05, 0.1) is 35.2 Å². The Morgan fingerprint density at radius 2 is 1.80 bits per heavy atom. The Balaban J connectivity index is 1.40. The van der Waals surface area contributed by atoms with E-state index in [1.165, 1.54) is 16.4 Å². The fourth-order valence-electron chi connectivity index (χ4n) is 4.74. The molecule has 0 N–H and O–H groups in total. The summed E-state index contributed by atoms with van der Waals surface area (Å²) < 4.78 is 38.9. The van der Waals surface area contributed by atoms with Crippen molar-refractivity contribution in [2.24, 2.45) is 5.92 Å². The minimum absolute atomic E-state index is 0.0225. The highest BCUT2D eigenvalue weighted by atomic mass is 35.5. The standard InChI is InChI=1S/C25H32ClN3O5S/c1-3-34-23-11-10-20(17-21(23)26)35(31,32)29-12-6-7-19(18-29)25(30)28-15-13-27(14-16-28)22-8-4-5-9-24(22)33-2/h4-5,8-11,17,19H,3,6-7,12-16,18H2,1-2H3/t19-/m1/s1. The molecule has 0 unspecified atom stereocenters. The molecule has 0 aliphatic carbocycles. The van der Waals surface area contributed by atoms with Gasteiger partial charge < -0.3 is 19.3 Å². The van der Waals surface area contributed by atoms with E-state index >= 15 is 0 Å². The average molecular weight is 522 g/mol. The Bertz CT molecular complexity index is 1150. The first kappa shape index (κ1) is 25.6. The highest BCUT2D eigenvalue weighted by Gasteiger charge is 2.36. The molecule has 2 aromatic carbocycles. The summed E-state index contributed by atoms with van der Waals surface area (Å²) in [5.74, 6) is 0.936. The molecule has 8 nitrogen and oxygen atoms in total. The van der Waals surface area contributed by atoms with Crippen molar-refractivity contribution < 1.29 is 22.7 Å². The van der Waals surface area contributed by atoms with E-state index in [2.05, 4.69) is 4.90 Å². The van der Waals surface area contributed by atoms with Gasteiger partial charge in [-0.25, -0.2) is 8.42 Å². The zero-order chi connectivity index (χ0) is 25.0. The third kappa shape index (κ3) is 5.52. The number of piperidine rings is 1. The number of amides is 1. The molecule has 0 spiro atoms. The van der Waals surface area contributed by atoms with Gasteiger partial charge in [0, 0.05) is 39.3 Å². The van der Waals surface area contributed by atoms with E-state index in [4.69, 9.17) is 21.1 Å². The summed E-state index contributed by atoms with van der Waals surface area (Å²) in [6.07, 6.45) is 1.32. The van der Waals surface area contributed by atoms with Crippen LogP contribution >= 0.6 is 11.6 Å². The second-order valence-electron chi connectivity index (χ2n) is 8.71. The van der Waals surface area contributed by atoms with Crippen LogP contribution in [0.5, 0.6) is 11.5 Å². The average Bonchev–Trinajstić information content (AvgIpc) is 2.89. The lowest BCUT2D eigenvalue weighted by atomic mass is 9.97. The van der Waals surface area contributed by atoms with Crippen LogP contribution in [0, 0.1) is 5.92 Å². The van der Waals surface area contributed by atoms with Gasteiger partial charge >= 0.3 is 0 Å². The Hall–Kier alpha value is -2.49. The Morgan fingerprint density at radius 1 is 1.06 bits per heavy atom. The maximum absolute atomic E-state index is 13.3. The summed E-state index contributed by atoms with van der Waals surface area (Å²) in [6.45, 7) is 5.43. The zero-order valence-electron chi connectivity index (χ0n) is 20.2. The number of halogens is 1. The number of sulfonamides is 1. The fraction of sp³-hybridized carbons (Fsp3) is 0.480. The molecule has 0 radical (unpaired) electrons. The van der Waals surface area contributed by atoms with Crippen LogP contribution in [-0.2, 0) is 14.8 Å². The van der Waals surface area contributed by atoms with Gasteiger partial charge in [-0.1, -0.05) is 23.7 Å². The molecule has 1 atom stereocenters. The molecule has 0 aromatic heterocycles. The van der Waals surface area contributed by atoms with Crippen LogP contribution in [0.3, 0.4) is 0 Å². The van der Waals surface area contributed by atoms with Gasteiger partial charge in [0.25, 0.3) is 0 Å². The fourth-order valence-corrected chi connectivity index (χ4v) is 6.59. The molecule has 2 aliphatic heterocycles. The Labute approximate surface area is 212 Å². The van der Waals surface area contributed by atoms with E-state index in [0.29, 0.717) is 57.9 Å². The smallest absolute Gasteiger partial charge is 0.243 e. The molecule has 190 valence electrons. The third-order valence-electron chi connectivity index (χ3n) is 6.59. The Kier molecular flexibility index (Phi) is 8.09. The van der Waals surface area contributed by atoms with E-state index in [0.717, 1.165) is 11.4 Å². The molecule has 2 aliphatic rings. The lowest BCUT2D eigenvalue weighted by Crippen LogP contribution is -2.53. The second kappa shape index (κ2) is 11.1. The van der Waals surface area contributed by atoms with Gasteiger partial charge in [0.2, 0.25) is 15.9 Å². The summed E-state index contributed by atoms with van der Waals surface area (Å²) in [6, 6.07) is 12.4. The molecule has 2 saturated heterocycles. The molecule has 2 heterocycles. The maximum atomic E-state index is 13.3. The zero-order valence-corrected chi connectivity index (χ0v) is 21.7. The van der Waals surface area contributed by atoms with Crippen LogP contribution in [-0.4, -0.2) is 76.5 Å². The monoisotopic (exact) mass is 521 g/mol. The number of nitrogens with zero attached hydrogens (tertiary/aromatic N) is 3. The number of benzene rings is 2. The van der Waals surface area contributed by atoms with E-state index in [-0.39, 0.29) is 28.3 Å². The highest BCUT2D eigenvalue weighted by Crippen LogP contribution is 2.32. The van der Waals surface area contributed by atoms with Gasteiger partial charge in [-0.3, -0.25) is 4.79 Å². The lowest BCUT2D eigenvalue weighted by Gasteiger charge is -2.39. The van der Waals surface area contributed by atoms with Crippen LogP contribution in [0.15, 0.2) is 47.4 Å². The predicted octanol–water partition coefficient (Wildman–Crippen LogP) is 3.50. The summed E-state index contributed by atoms with van der Waals surface area (Å²) in [7, 11) is -2.11. The quantitative estimate of drug-likeness (QED) is 0.555. The number of rotatable bonds is 7. The van der Waals surface area contributed by atoms with Crippen molar-refractivity contribution in [1.29, 1.82) is 0 Å². The molecule has 2 aromatic rings. The Morgan fingerprint density at radius 3 is 2.49 bits per heavy atom. The number of anilines is 1. The number of piperazine rings is 1. The summed E-state index contributed by atoms with van der Waals surface area (Å²) in [4.78, 5) is 17.5. The van der Waals surface area contributed by atoms with Crippen molar-refractivity contribution in [1.82, 2.24) is 9.21 Å². The first-order chi connectivity index (χ1) is 16.8. The number of para-hydroxylation sites is 2. The van der Waals surface area contributed by atoms with Gasteiger partial charge in [-0.05, 0) is 50.1 Å². The SMILES string of the molecule is CCOc1ccc(S(=O)(=O)N2CCC[C@@H](C(=O)N3CCN(c4ccccc4OC)CC3)C2)cc1Cl. The summed E-state index contributed by atoms with van der Waals surface area (Å²) >= 11 is 6.23. The minimum Gasteiger partial charge on any atom is -0.495 e. The molecule has 35 heavy (non-hydrogen) atoms. The number of hydrogen-bond donors (Lipinski definition) is 0. The molecule has 2 fully saturated rings. The van der Waals surface area contributed by atoms with Crippen molar-refractivity contribution in [3.63, 3.8) is 0 Å². The first-order valence-electron chi connectivity index (χ1n) is 11.9. The highest BCUT2D eigenvalue weighted by molar-refractivity contribution is 7.89. The van der Waals surface area contributed by atoms with E-state index in [1.807, 2.05) is 36.1 Å². The molecule has 4 rings (SSSR count). The van der Waals surface area contributed by atoms with Gasteiger partial charge in [0.1, 0.15) is 11.5 Å². The number of carbonyl (C=O) groups excluding carboxylic acids is 1. The molecule has 1 amide bonds. The number of methoxy groups -OCH3 is 1. The van der Waals surface area contributed by atoms with Crippen molar-refractivity contribution in [3.05, 3.63) is 47.5 Å². The van der Waals surface area contributed by atoms with Crippen LogP contribution in [0.25, 0.3) is 0 Å². The number of hydrogen-bond acceptors (Lipinski definition) is 6. The predicted molar refractivity (Wildman–Crippen MR) is 136 cm³/mol. The summed E-state index contributed by atoms with van der Waals surface area (Å²) in [5.41, 5.74) is 1.02. The minimum atomic E-state index is -3.77. The van der Waals surface area contributed by atoms with Crippen LogP contribution in [0.1, 0.15) is 19.8 Å². The van der Waals surface area contributed by atoms with E-state index < -0.39 is 10.0 Å².